The van der Waals surface area contributed by atoms with Gasteiger partial charge in [0.25, 0.3) is 5.91 Å². The number of hydrogen-bond donors (Lipinski definition) is 2. The lowest BCUT2D eigenvalue weighted by molar-refractivity contribution is -0.141. The molecule has 0 saturated heterocycles. The molecule has 0 heterocycles. The normalized spacial score (nSPS) is 12.2. The van der Waals surface area contributed by atoms with Crippen LogP contribution in [0.4, 0.5) is 0 Å². The van der Waals surface area contributed by atoms with Crippen molar-refractivity contribution < 1.29 is 14.7 Å². The minimum absolute atomic E-state index is 0.106. The fourth-order valence-electron chi connectivity index (χ4n) is 1.76. The van der Waals surface area contributed by atoms with E-state index in [0.29, 0.717) is 19.5 Å². The third-order valence-electron chi connectivity index (χ3n) is 2.71. The van der Waals surface area contributed by atoms with Crippen LogP contribution in [0.1, 0.15) is 20.3 Å². The summed E-state index contributed by atoms with van der Waals surface area (Å²) >= 11 is 0. The van der Waals surface area contributed by atoms with E-state index < -0.39 is 17.9 Å². The summed E-state index contributed by atoms with van der Waals surface area (Å²) in [5, 5.41) is 20.6. The van der Waals surface area contributed by atoms with E-state index in [9.17, 15) is 9.59 Å². The summed E-state index contributed by atoms with van der Waals surface area (Å²) in [4.78, 5) is 24.9. The van der Waals surface area contributed by atoms with Crippen LogP contribution in [0, 0.1) is 17.2 Å². The van der Waals surface area contributed by atoms with E-state index in [2.05, 4.69) is 18.5 Å². The van der Waals surface area contributed by atoms with Gasteiger partial charge in [-0.15, -0.1) is 13.2 Å². The van der Waals surface area contributed by atoms with Crippen LogP contribution in [0.5, 0.6) is 0 Å². The van der Waals surface area contributed by atoms with Crippen LogP contribution in [-0.2, 0) is 9.59 Å². The predicted octanol–water partition coefficient (Wildman–Crippen LogP) is 1.68. The quantitative estimate of drug-likeness (QED) is 0.364. The standard InChI is InChI=1S/C16H23N3O3/c1-5-7-19(8-6-2)11-13(10-17)15(20)18-14(16(21)22)9-12(3)4/h5-6,11-12,14H,1-2,7-9H2,3-4H3,(H,18,20)(H,21,22)/b13-11-. The molecule has 1 amide bonds. The summed E-state index contributed by atoms with van der Waals surface area (Å²) < 4.78 is 0. The molecule has 22 heavy (non-hydrogen) atoms. The van der Waals surface area contributed by atoms with Crippen molar-refractivity contribution in [2.45, 2.75) is 26.3 Å². The van der Waals surface area contributed by atoms with Gasteiger partial charge in [-0.05, 0) is 12.3 Å². The average molecular weight is 305 g/mol. The molecule has 0 spiro atoms. The molecule has 6 heteroatoms. The Kier molecular flexibility index (Phi) is 9.03. The topological polar surface area (TPSA) is 93.4 Å². The average Bonchev–Trinajstić information content (AvgIpc) is 2.43. The smallest absolute Gasteiger partial charge is 0.326 e. The van der Waals surface area contributed by atoms with Crippen molar-refractivity contribution in [3.8, 4) is 6.07 Å². The zero-order valence-corrected chi connectivity index (χ0v) is 13.1. The Labute approximate surface area is 131 Å². The maximum Gasteiger partial charge on any atom is 0.326 e. The summed E-state index contributed by atoms with van der Waals surface area (Å²) in [6.45, 7) is 11.8. The van der Waals surface area contributed by atoms with Crippen molar-refractivity contribution >= 4 is 11.9 Å². The van der Waals surface area contributed by atoms with Gasteiger partial charge in [0.15, 0.2) is 0 Å². The molecule has 0 aromatic rings. The highest BCUT2D eigenvalue weighted by atomic mass is 16.4. The summed E-state index contributed by atoms with van der Waals surface area (Å²) in [6.07, 6.45) is 4.94. The highest BCUT2D eigenvalue weighted by Crippen LogP contribution is 2.07. The molecule has 0 saturated carbocycles. The van der Waals surface area contributed by atoms with Gasteiger partial charge in [-0.2, -0.15) is 5.26 Å². The number of carbonyl (C=O) groups excluding carboxylic acids is 1. The van der Waals surface area contributed by atoms with E-state index >= 15 is 0 Å². The predicted molar refractivity (Wildman–Crippen MR) is 84.7 cm³/mol. The number of aliphatic carboxylic acids is 1. The molecule has 1 atom stereocenters. The molecule has 0 aliphatic carbocycles. The molecule has 120 valence electrons. The van der Waals surface area contributed by atoms with Crippen LogP contribution >= 0.6 is 0 Å². The Hall–Kier alpha value is -2.55. The van der Waals surface area contributed by atoms with Crippen molar-refractivity contribution in [3.63, 3.8) is 0 Å². The van der Waals surface area contributed by atoms with Crippen molar-refractivity contribution in [2.75, 3.05) is 13.1 Å². The number of nitriles is 1. The second-order valence-electron chi connectivity index (χ2n) is 5.18. The largest absolute Gasteiger partial charge is 0.480 e. The number of rotatable bonds is 10. The van der Waals surface area contributed by atoms with Crippen LogP contribution in [0.3, 0.4) is 0 Å². The zero-order valence-electron chi connectivity index (χ0n) is 13.1. The number of carboxylic acids is 1. The molecule has 0 radical (unpaired) electrons. The Balaban J connectivity index is 5.09. The molecule has 0 aliphatic rings. The fraction of sp³-hybridized carbons (Fsp3) is 0.438. The molecule has 0 aliphatic heterocycles. The Morgan fingerprint density at radius 3 is 2.23 bits per heavy atom. The molecule has 6 nitrogen and oxygen atoms in total. The lowest BCUT2D eigenvalue weighted by Gasteiger charge is -2.18. The van der Waals surface area contributed by atoms with Crippen LogP contribution in [0.25, 0.3) is 0 Å². The summed E-state index contributed by atoms with van der Waals surface area (Å²) in [7, 11) is 0. The second-order valence-corrected chi connectivity index (χ2v) is 5.18. The van der Waals surface area contributed by atoms with Gasteiger partial charge in [0.05, 0.1) is 0 Å². The molecular formula is C16H23N3O3. The number of hydrogen-bond acceptors (Lipinski definition) is 4. The maximum absolute atomic E-state index is 12.1. The highest BCUT2D eigenvalue weighted by molar-refractivity contribution is 5.99. The minimum Gasteiger partial charge on any atom is -0.480 e. The van der Waals surface area contributed by atoms with E-state index in [-0.39, 0.29) is 11.5 Å². The summed E-state index contributed by atoms with van der Waals surface area (Å²) in [5.41, 5.74) is -0.154. The molecule has 0 rings (SSSR count). The van der Waals surface area contributed by atoms with E-state index in [4.69, 9.17) is 10.4 Å². The number of nitrogens with one attached hydrogen (secondary N) is 1. The first-order chi connectivity index (χ1) is 10.3. The van der Waals surface area contributed by atoms with Crippen molar-refractivity contribution in [1.29, 1.82) is 5.26 Å². The third-order valence-corrected chi connectivity index (χ3v) is 2.71. The molecule has 0 fully saturated rings. The van der Waals surface area contributed by atoms with Crippen LogP contribution in [0.2, 0.25) is 0 Å². The third kappa shape index (κ3) is 7.29. The van der Waals surface area contributed by atoms with Crippen LogP contribution in [0.15, 0.2) is 37.1 Å². The monoisotopic (exact) mass is 305 g/mol. The zero-order chi connectivity index (χ0) is 17.1. The first kappa shape index (κ1) is 19.4. The van der Waals surface area contributed by atoms with Crippen molar-refractivity contribution in [1.82, 2.24) is 10.2 Å². The van der Waals surface area contributed by atoms with Crippen LogP contribution in [-0.4, -0.2) is 41.0 Å². The van der Waals surface area contributed by atoms with E-state index in [1.165, 1.54) is 6.20 Å². The van der Waals surface area contributed by atoms with Gasteiger partial charge in [0.1, 0.15) is 17.7 Å². The number of nitrogens with zero attached hydrogens (tertiary/aromatic N) is 2. The molecule has 0 aromatic heterocycles. The lowest BCUT2D eigenvalue weighted by Crippen LogP contribution is -2.42. The first-order valence-corrected chi connectivity index (χ1v) is 6.97. The van der Waals surface area contributed by atoms with E-state index in [1.54, 1.807) is 23.1 Å². The van der Waals surface area contributed by atoms with Crippen molar-refractivity contribution in [2.24, 2.45) is 5.92 Å². The molecule has 0 aromatic carbocycles. The number of carboxylic acid groups (broad SMARTS) is 1. The molecular weight excluding hydrogens is 282 g/mol. The Morgan fingerprint density at radius 2 is 1.86 bits per heavy atom. The molecule has 0 bridgehead atoms. The maximum atomic E-state index is 12.1. The van der Waals surface area contributed by atoms with Gasteiger partial charge in [0, 0.05) is 19.3 Å². The van der Waals surface area contributed by atoms with Gasteiger partial charge < -0.3 is 15.3 Å². The molecule has 2 N–H and O–H groups in total. The fourth-order valence-corrected chi connectivity index (χ4v) is 1.76. The Bertz CT molecular complexity index is 479. The minimum atomic E-state index is -1.12. The SMILES string of the molecule is C=CCN(/C=C(/C#N)C(=O)NC(CC(C)C)C(=O)O)CC=C. The van der Waals surface area contributed by atoms with E-state index in [0.717, 1.165) is 0 Å². The van der Waals surface area contributed by atoms with Gasteiger partial charge >= 0.3 is 5.97 Å². The number of amides is 1. The van der Waals surface area contributed by atoms with Crippen LogP contribution < -0.4 is 5.32 Å². The summed E-state index contributed by atoms with van der Waals surface area (Å²) in [5.74, 6) is -1.71. The highest BCUT2D eigenvalue weighted by Gasteiger charge is 2.23. The number of carbonyl (C=O) groups is 2. The lowest BCUT2D eigenvalue weighted by atomic mass is 10.0. The second kappa shape index (κ2) is 10.2. The van der Waals surface area contributed by atoms with Gasteiger partial charge in [-0.25, -0.2) is 4.79 Å². The Morgan fingerprint density at radius 1 is 1.32 bits per heavy atom. The van der Waals surface area contributed by atoms with Gasteiger partial charge in [0.2, 0.25) is 0 Å². The van der Waals surface area contributed by atoms with Gasteiger partial charge in [-0.3, -0.25) is 4.79 Å². The van der Waals surface area contributed by atoms with E-state index in [1.807, 2.05) is 13.8 Å². The van der Waals surface area contributed by atoms with Gasteiger partial charge in [-0.1, -0.05) is 26.0 Å². The van der Waals surface area contributed by atoms with Crippen molar-refractivity contribution in [3.05, 3.63) is 37.1 Å². The first-order valence-electron chi connectivity index (χ1n) is 6.97. The summed E-state index contributed by atoms with van der Waals surface area (Å²) in [6, 6.07) is 0.775. The molecule has 1 unspecified atom stereocenters.